The predicted molar refractivity (Wildman–Crippen MR) is 93.2 cm³/mol. The van der Waals surface area contributed by atoms with Crippen LogP contribution in [0.15, 0.2) is 35.5 Å². The molecule has 0 aliphatic heterocycles. The largest absolute Gasteiger partial charge is 0.250 e. The van der Waals surface area contributed by atoms with Crippen molar-refractivity contribution in [1.82, 2.24) is 14.9 Å². The van der Waals surface area contributed by atoms with Gasteiger partial charge in [-0.1, -0.05) is 35.4 Å². The van der Waals surface area contributed by atoms with Crippen LogP contribution in [0.2, 0.25) is 10.0 Å². The van der Waals surface area contributed by atoms with Crippen LogP contribution in [0.25, 0.3) is 11.4 Å². The minimum Gasteiger partial charge on any atom is -0.250 e. The van der Waals surface area contributed by atoms with Gasteiger partial charge in [-0.05, 0) is 55.6 Å². The van der Waals surface area contributed by atoms with E-state index in [0.717, 1.165) is 24.8 Å². The van der Waals surface area contributed by atoms with Crippen LogP contribution in [0.1, 0.15) is 19.3 Å². The molecule has 0 saturated carbocycles. The molecule has 0 saturated heterocycles. The van der Waals surface area contributed by atoms with Crippen LogP contribution in [-0.2, 0) is 0 Å². The van der Waals surface area contributed by atoms with E-state index in [9.17, 15) is 0 Å². The summed E-state index contributed by atoms with van der Waals surface area (Å²) in [5.74, 6) is 1.00. The Hall–Kier alpha value is -1.43. The first kappa shape index (κ1) is 15.5. The molecule has 0 fully saturated rings. The number of nitrogens with zero attached hydrogens (tertiary/aromatic N) is 3. The second-order valence-electron chi connectivity index (χ2n) is 5.10. The Labute approximate surface area is 143 Å². The van der Waals surface area contributed by atoms with E-state index in [1.165, 1.54) is 0 Å². The maximum atomic E-state index is 6.25. The molecule has 0 bridgehead atoms. The third-order valence-corrected chi connectivity index (χ3v) is 4.34. The summed E-state index contributed by atoms with van der Waals surface area (Å²) < 4.78 is 2.03. The van der Waals surface area contributed by atoms with E-state index in [-0.39, 0.29) is 0 Å². The molecule has 4 nitrogen and oxygen atoms in total. The summed E-state index contributed by atoms with van der Waals surface area (Å²) in [6, 6.07) is 5.25. The van der Waals surface area contributed by atoms with Crippen LogP contribution >= 0.6 is 35.4 Å². The van der Waals surface area contributed by atoms with Gasteiger partial charge in [0.2, 0.25) is 4.77 Å². The van der Waals surface area contributed by atoms with E-state index < -0.39 is 0 Å². The minimum absolute atomic E-state index is 0.426. The number of benzene rings is 1. The van der Waals surface area contributed by atoms with Crippen molar-refractivity contribution in [1.29, 1.82) is 0 Å². The summed E-state index contributed by atoms with van der Waals surface area (Å²) in [4.78, 5) is 0. The minimum atomic E-state index is 0.426. The van der Waals surface area contributed by atoms with Crippen molar-refractivity contribution in [2.45, 2.75) is 19.3 Å². The summed E-state index contributed by atoms with van der Waals surface area (Å²) in [5, 5.41) is 12.6. The molecule has 2 aromatic rings. The second kappa shape index (κ2) is 6.77. The zero-order valence-electron chi connectivity index (χ0n) is 11.7. The van der Waals surface area contributed by atoms with E-state index in [2.05, 4.69) is 27.5 Å². The van der Waals surface area contributed by atoms with Crippen LogP contribution in [0, 0.1) is 10.7 Å². The van der Waals surface area contributed by atoms with Gasteiger partial charge in [-0.25, -0.2) is 5.10 Å². The molecular formula is C15H14Cl2N4S. The van der Waals surface area contributed by atoms with Crippen LogP contribution in [0.5, 0.6) is 0 Å². The lowest BCUT2D eigenvalue weighted by Gasteiger charge is -2.12. The van der Waals surface area contributed by atoms with E-state index >= 15 is 0 Å². The molecule has 22 heavy (non-hydrogen) atoms. The monoisotopic (exact) mass is 352 g/mol. The van der Waals surface area contributed by atoms with Crippen LogP contribution in [0.3, 0.4) is 0 Å². The molecule has 1 heterocycles. The van der Waals surface area contributed by atoms with Gasteiger partial charge in [0.15, 0.2) is 5.82 Å². The molecule has 1 aliphatic rings. The molecular weight excluding hydrogens is 339 g/mol. The maximum Gasteiger partial charge on any atom is 0.216 e. The Morgan fingerprint density at radius 3 is 2.95 bits per heavy atom. The highest BCUT2D eigenvalue weighted by Crippen LogP contribution is 2.29. The van der Waals surface area contributed by atoms with Crippen LogP contribution in [0.4, 0.5) is 0 Å². The Balaban J connectivity index is 1.95. The number of H-pyrrole nitrogens is 1. The molecule has 0 radical (unpaired) electrons. The van der Waals surface area contributed by atoms with E-state index in [0.29, 0.717) is 26.6 Å². The summed E-state index contributed by atoms with van der Waals surface area (Å²) in [6.45, 7) is 0. The number of halogens is 2. The van der Waals surface area contributed by atoms with Gasteiger partial charge in [0.1, 0.15) is 0 Å². The molecule has 1 aliphatic carbocycles. The highest BCUT2D eigenvalue weighted by atomic mass is 35.5. The number of nitrogens with one attached hydrogen (secondary N) is 1. The summed E-state index contributed by atoms with van der Waals surface area (Å²) in [6.07, 6.45) is 9.51. The second-order valence-corrected chi connectivity index (χ2v) is 6.33. The number of hydrogen-bond donors (Lipinski definition) is 1. The summed E-state index contributed by atoms with van der Waals surface area (Å²) >= 11 is 17.4. The molecule has 1 aromatic heterocycles. The Morgan fingerprint density at radius 1 is 1.36 bits per heavy atom. The number of rotatable bonds is 3. The van der Waals surface area contributed by atoms with Gasteiger partial charge in [0, 0.05) is 16.8 Å². The Bertz CT molecular complexity index is 791. The fourth-order valence-electron chi connectivity index (χ4n) is 2.36. The molecule has 0 amide bonds. The van der Waals surface area contributed by atoms with Gasteiger partial charge in [-0.2, -0.15) is 14.9 Å². The topological polar surface area (TPSA) is 46.0 Å². The van der Waals surface area contributed by atoms with Gasteiger partial charge < -0.3 is 0 Å². The highest BCUT2D eigenvalue weighted by molar-refractivity contribution is 7.71. The molecule has 1 N–H and O–H groups in total. The van der Waals surface area contributed by atoms with Crippen molar-refractivity contribution in [2.75, 3.05) is 0 Å². The van der Waals surface area contributed by atoms with Gasteiger partial charge in [-0.15, -0.1) is 0 Å². The molecule has 3 rings (SSSR count). The van der Waals surface area contributed by atoms with Crippen LogP contribution in [-0.4, -0.2) is 21.1 Å². The van der Waals surface area contributed by atoms with Crippen molar-refractivity contribution in [3.63, 3.8) is 0 Å². The molecule has 0 spiro atoms. The van der Waals surface area contributed by atoms with Crippen molar-refractivity contribution >= 4 is 41.6 Å². The lowest BCUT2D eigenvalue weighted by Crippen LogP contribution is -2.05. The Kier molecular flexibility index (Phi) is 4.76. The number of allylic oxidation sites excluding steroid dienone is 2. The fourth-order valence-corrected chi connectivity index (χ4v) is 3.03. The lowest BCUT2D eigenvalue weighted by molar-refractivity contribution is 0.622. The standard InChI is InChI=1S/C15H14Cl2N4S/c16-11-6-7-12(13(17)8-11)14-19-20-15(22)21(14)18-9-10-4-2-1-3-5-10/h1-2,6-10H,3-5H2,(H,20,22)/b18-9-/t10-/m1/s1. The predicted octanol–water partition coefficient (Wildman–Crippen LogP) is 5.10. The lowest BCUT2D eigenvalue weighted by atomic mass is 9.96. The van der Waals surface area contributed by atoms with Gasteiger partial charge >= 0.3 is 0 Å². The average Bonchev–Trinajstić information content (AvgIpc) is 2.87. The van der Waals surface area contributed by atoms with E-state index in [1.54, 1.807) is 16.8 Å². The normalized spacial score (nSPS) is 18.2. The third-order valence-electron chi connectivity index (χ3n) is 3.53. The number of aromatic amines is 1. The average molecular weight is 353 g/mol. The third kappa shape index (κ3) is 3.32. The van der Waals surface area contributed by atoms with Crippen molar-refractivity contribution in [3.8, 4) is 11.4 Å². The van der Waals surface area contributed by atoms with Crippen molar-refractivity contribution < 1.29 is 0 Å². The van der Waals surface area contributed by atoms with Gasteiger partial charge in [0.25, 0.3) is 0 Å². The quantitative estimate of drug-likeness (QED) is 0.474. The van der Waals surface area contributed by atoms with Gasteiger partial charge in [0.05, 0.1) is 5.02 Å². The van der Waals surface area contributed by atoms with Gasteiger partial charge in [-0.3, -0.25) is 0 Å². The van der Waals surface area contributed by atoms with Crippen LogP contribution < -0.4 is 0 Å². The molecule has 1 aromatic carbocycles. The molecule has 1 atom stereocenters. The number of aromatic nitrogens is 3. The van der Waals surface area contributed by atoms with E-state index in [4.69, 9.17) is 35.4 Å². The Morgan fingerprint density at radius 2 is 2.23 bits per heavy atom. The molecule has 114 valence electrons. The number of hydrogen-bond acceptors (Lipinski definition) is 3. The highest BCUT2D eigenvalue weighted by Gasteiger charge is 2.13. The van der Waals surface area contributed by atoms with Crippen molar-refractivity contribution in [3.05, 3.63) is 45.2 Å². The fraction of sp³-hybridized carbons (Fsp3) is 0.267. The first-order valence-corrected chi connectivity index (χ1v) is 8.14. The zero-order chi connectivity index (χ0) is 15.5. The first-order chi connectivity index (χ1) is 10.6. The maximum absolute atomic E-state index is 6.25. The first-order valence-electron chi connectivity index (χ1n) is 6.97. The molecule has 7 heteroatoms. The molecule has 0 unspecified atom stereocenters. The smallest absolute Gasteiger partial charge is 0.216 e. The van der Waals surface area contributed by atoms with E-state index in [1.807, 2.05) is 12.3 Å². The summed E-state index contributed by atoms with van der Waals surface area (Å²) in [5.41, 5.74) is 0.735. The SMILES string of the molecule is S=c1[nH]nc(-c2ccc(Cl)cc2Cl)n1/N=C\[C@@H]1CC=CCC1. The van der Waals surface area contributed by atoms with Crippen molar-refractivity contribution in [2.24, 2.45) is 11.0 Å². The summed E-state index contributed by atoms with van der Waals surface area (Å²) in [7, 11) is 0. The zero-order valence-corrected chi connectivity index (χ0v) is 14.0.